The largest absolute Gasteiger partial charge is 0.495 e. The number of hydrogen-bond acceptors (Lipinski definition) is 7. The van der Waals surface area contributed by atoms with Crippen LogP contribution in [0.3, 0.4) is 0 Å². The van der Waals surface area contributed by atoms with Gasteiger partial charge in [-0.2, -0.15) is 0 Å². The number of carbonyl (C=O) groups is 2. The summed E-state index contributed by atoms with van der Waals surface area (Å²) in [6.07, 6.45) is -0.821. The number of thiocarbonyl (C=S) groups is 1. The van der Waals surface area contributed by atoms with Crippen LogP contribution in [0.15, 0.2) is 53.7 Å². The van der Waals surface area contributed by atoms with E-state index in [0.29, 0.717) is 44.9 Å². The SMILES string of the molecule is COC(=O)[C@H](C)Oc1ccc([C@@H]2NC(=S)NC(C)=C2C(=O)Nc2ccccc2OC)cc1OC. The van der Waals surface area contributed by atoms with Crippen LogP contribution in [0.2, 0.25) is 0 Å². The first-order valence-electron chi connectivity index (χ1n) is 10.4. The van der Waals surface area contributed by atoms with Gasteiger partial charge in [0.25, 0.3) is 5.91 Å². The van der Waals surface area contributed by atoms with Gasteiger partial charge in [-0.05, 0) is 55.9 Å². The molecule has 0 saturated carbocycles. The number of esters is 1. The number of methoxy groups -OCH3 is 3. The molecule has 0 aromatic heterocycles. The van der Waals surface area contributed by atoms with Gasteiger partial charge < -0.3 is 34.9 Å². The van der Waals surface area contributed by atoms with Gasteiger partial charge in [0.15, 0.2) is 22.7 Å². The Hall–Kier alpha value is -3.79. The minimum Gasteiger partial charge on any atom is -0.495 e. The Bertz CT molecular complexity index is 1130. The molecule has 0 fully saturated rings. The van der Waals surface area contributed by atoms with E-state index in [1.165, 1.54) is 21.3 Å². The zero-order chi connectivity index (χ0) is 24.8. The third-order valence-corrected chi connectivity index (χ3v) is 5.45. The van der Waals surface area contributed by atoms with Crippen LogP contribution in [0, 0.1) is 0 Å². The van der Waals surface area contributed by atoms with Crippen LogP contribution in [-0.4, -0.2) is 44.4 Å². The molecule has 10 heteroatoms. The van der Waals surface area contributed by atoms with Crippen LogP contribution < -0.4 is 30.2 Å². The Morgan fingerprint density at radius 3 is 2.41 bits per heavy atom. The maximum atomic E-state index is 13.4. The number of ether oxygens (including phenoxy) is 4. The molecule has 2 aromatic rings. The first kappa shape index (κ1) is 24.8. The lowest BCUT2D eigenvalue weighted by atomic mass is 9.94. The summed E-state index contributed by atoms with van der Waals surface area (Å²) in [5.41, 5.74) is 2.31. The molecule has 3 rings (SSSR count). The quantitative estimate of drug-likeness (QED) is 0.384. The van der Waals surface area contributed by atoms with E-state index in [0.717, 1.165) is 0 Å². The van der Waals surface area contributed by atoms with E-state index in [2.05, 4.69) is 16.0 Å². The Morgan fingerprint density at radius 1 is 1.03 bits per heavy atom. The topological polar surface area (TPSA) is 107 Å². The monoisotopic (exact) mass is 485 g/mol. The van der Waals surface area contributed by atoms with Crippen molar-refractivity contribution in [1.82, 2.24) is 10.6 Å². The molecule has 3 N–H and O–H groups in total. The zero-order valence-corrected chi connectivity index (χ0v) is 20.4. The maximum Gasteiger partial charge on any atom is 0.346 e. The predicted molar refractivity (Wildman–Crippen MR) is 131 cm³/mol. The van der Waals surface area contributed by atoms with E-state index in [9.17, 15) is 9.59 Å². The molecule has 0 saturated heterocycles. The molecule has 0 spiro atoms. The molecule has 0 bridgehead atoms. The van der Waals surface area contributed by atoms with Gasteiger partial charge in [0.2, 0.25) is 0 Å². The van der Waals surface area contributed by atoms with E-state index < -0.39 is 18.1 Å². The number of para-hydroxylation sites is 2. The normalized spacial score (nSPS) is 16.0. The van der Waals surface area contributed by atoms with Crippen molar-refractivity contribution in [3.05, 3.63) is 59.3 Å². The highest BCUT2D eigenvalue weighted by Gasteiger charge is 2.31. The van der Waals surface area contributed by atoms with Gasteiger partial charge in [0.05, 0.1) is 38.6 Å². The van der Waals surface area contributed by atoms with E-state index in [4.69, 9.17) is 31.2 Å². The summed E-state index contributed by atoms with van der Waals surface area (Å²) in [4.78, 5) is 25.1. The number of amides is 1. The lowest BCUT2D eigenvalue weighted by molar-refractivity contribution is -0.147. The molecular formula is C24H27N3O6S. The first-order valence-corrected chi connectivity index (χ1v) is 10.8. The average molecular weight is 486 g/mol. The summed E-state index contributed by atoms with van der Waals surface area (Å²) in [6, 6.07) is 11.8. The number of benzene rings is 2. The molecular weight excluding hydrogens is 458 g/mol. The molecule has 9 nitrogen and oxygen atoms in total. The summed E-state index contributed by atoms with van der Waals surface area (Å²) in [7, 11) is 4.32. The van der Waals surface area contributed by atoms with Crippen molar-refractivity contribution >= 4 is 34.9 Å². The Labute approximate surface area is 203 Å². The van der Waals surface area contributed by atoms with Crippen LogP contribution in [0.4, 0.5) is 5.69 Å². The Morgan fingerprint density at radius 2 is 1.74 bits per heavy atom. The van der Waals surface area contributed by atoms with Crippen LogP contribution in [0.5, 0.6) is 17.2 Å². The maximum absolute atomic E-state index is 13.4. The second-order valence-electron chi connectivity index (χ2n) is 7.42. The lowest BCUT2D eigenvalue weighted by Gasteiger charge is -2.31. The summed E-state index contributed by atoms with van der Waals surface area (Å²) in [6.45, 7) is 3.36. The van der Waals surface area contributed by atoms with Crippen molar-refractivity contribution < 1.29 is 28.5 Å². The third kappa shape index (κ3) is 5.40. The minimum absolute atomic E-state index is 0.326. The summed E-state index contributed by atoms with van der Waals surface area (Å²) in [5, 5.41) is 9.45. The molecule has 0 unspecified atom stereocenters. The second-order valence-corrected chi connectivity index (χ2v) is 7.83. The van der Waals surface area contributed by atoms with Crippen molar-refractivity contribution in [2.24, 2.45) is 0 Å². The number of carbonyl (C=O) groups excluding carboxylic acids is 2. The van der Waals surface area contributed by atoms with E-state index in [1.807, 2.05) is 12.1 Å². The summed E-state index contributed by atoms with van der Waals surface area (Å²) >= 11 is 5.34. The van der Waals surface area contributed by atoms with Gasteiger partial charge in [0.1, 0.15) is 5.75 Å². The Balaban J connectivity index is 1.94. The smallest absolute Gasteiger partial charge is 0.346 e. The number of hydrogen-bond donors (Lipinski definition) is 3. The molecule has 1 aliphatic rings. The molecule has 0 aliphatic carbocycles. The average Bonchev–Trinajstić information content (AvgIpc) is 2.83. The predicted octanol–water partition coefficient (Wildman–Crippen LogP) is 3.08. The third-order valence-electron chi connectivity index (χ3n) is 5.23. The highest BCUT2D eigenvalue weighted by Crippen LogP contribution is 2.35. The van der Waals surface area contributed by atoms with Crippen LogP contribution >= 0.6 is 12.2 Å². The highest BCUT2D eigenvalue weighted by atomic mass is 32.1. The summed E-state index contributed by atoms with van der Waals surface area (Å²) < 4.78 is 21.2. The molecule has 2 atom stereocenters. The minimum atomic E-state index is -0.821. The molecule has 180 valence electrons. The van der Waals surface area contributed by atoms with E-state index >= 15 is 0 Å². The number of nitrogens with one attached hydrogen (secondary N) is 3. The first-order chi connectivity index (χ1) is 16.3. The van der Waals surface area contributed by atoms with Crippen molar-refractivity contribution in [1.29, 1.82) is 0 Å². The summed E-state index contributed by atoms with van der Waals surface area (Å²) in [5.74, 6) is 0.460. The number of allylic oxidation sites excluding steroid dienone is 1. The Kier molecular flexibility index (Phi) is 7.95. The van der Waals surface area contributed by atoms with E-state index in [1.54, 1.807) is 44.2 Å². The molecule has 1 aliphatic heterocycles. The molecule has 34 heavy (non-hydrogen) atoms. The zero-order valence-electron chi connectivity index (χ0n) is 19.6. The van der Waals surface area contributed by atoms with Gasteiger partial charge in [-0.25, -0.2) is 4.79 Å². The lowest BCUT2D eigenvalue weighted by Crippen LogP contribution is -2.45. The van der Waals surface area contributed by atoms with E-state index in [-0.39, 0.29) is 5.91 Å². The van der Waals surface area contributed by atoms with Crippen molar-refractivity contribution in [3.63, 3.8) is 0 Å². The molecule has 2 aromatic carbocycles. The van der Waals surface area contributed by atoms with Crippen LogP contribution in [0.25, 0.3) is 0 Å². The fraction of sp³-hybridized carbons (Fsp3) is 0.292. The van der Waals surface area contributed by atoms with Crippen LogP contribution in [-0.2, 0) is 14.3 Å². The standard InChI is InChI=1S/C24H27N3O6S/c1-13-20(22(28)26-16-8-6-7-9-17(16)30-3)21(27-24(34)25-13)15-10-11-18(19(12-15)31-4)33-14(2)23(29)32-5/h6-12,14,21H,1-5H3,(H,26,28)(H2,25,27,34)/t14-,21-/m0/s1. The van der Waals surface area contributed by atoms with Crippen molar-refractivity contribution in [2.75, 3.05) is 26.6 Å². The van der Waals surface area contributed by atoms with Gasteiger partial charge in [-0.15, -0.1) is 0 Å². The fourth-order valence-electron chi connectivity index (χ4n) is 3.55. The number of anilines is 1. The highest BCUT2D eigenvalue weighted by molar-refractivity contribution is 7.80. The van der Waals surface area contributed by atoms with Crippen molar-refractivity contribution in [3.8, 4) is 17.2 Å². The second kappa shape index (κ2) is 10.9. The molecule has 0 radical (unpaired) electrons. The van der Waals surface area contributed by atoms with Gasteiger partial charge >= 0.3 is 5.97 Å². The number of rotatable bonds is 8. The van der Waals surface area contributed by atoms with Crippen LogP contribution in [0.1, 0.15) is 25.5 Å². The molecule has 1 heterocycles. The van der Waals surface area contributed by atoms with Gasteiger partial charge in [-0.1, -0.05) is 18.2 Å². The van der Waals surface area contributed by atoms with Gasteiger partial charge in [0, 0.05) is 5.70 Å². The fourth-order valence-corrected chi connectivity index (χ4v) is 3.82. The van der Waals surface area contributed by atoms with Crippen molar-refractivity contribution in [2.45, 2.75) is 26.0 Å². The van der Waals surface area contributed by atoms with Gasteiger partial charge in [-0.3, -0.25) is 4.79 Å². The molecule has 1 amide bonds.